The molecule has 0 fully saturated rings. The van der Waals surface area contributed by atoms with Crippen LogP contribution in [0.4, 0.5) is 5.69 Å². The Bertz CT molecular complexity index is 1050. The van der Waals surface area contributed by atoms with Crippen molar-refractivity contribution in [2.24, 2.45) is 5.92 Å². The summed E-state index contributed by atoms with van der Waals surface area (Å²) in [5, 5.41) is 3.91. The van der Waals surface area contributed by atoms with E-state index in [9.17, 15) is 0 Å². The summed E-state index contributed by atoms with van der Waals surface area (Å²) in [6, 6.07) is 23.6. The highest BCUT2D eigenvalue weighted by Crippen LogP contribution is 2.52. The quantitative estimate of drug-likeness (QED) is 0.507. The molecule has 1 N–H and O–H groups in total. The lowest BCUT2D eigenvalue weighted by Gasteiger charge is -2.39. The summed E-state index contributed by atoms with van der Waals surface area (Å²) in [4.78, 5) is 0. The maximum Gasteiger partial charge on any atom is 0.125 e. The van der Waals surface area contributed by atoms with Crippen molar-refractivity contribution in [1.82, 2.24) is 0 Å². The third kappa shape index (κ3) is 3.23. The molecule has 0 spiro atoms. The molecule has 0 saturated carbocycles. The topological polar surface area (TPSA) is 21.3 Å². The van der Waals surface area contributed by atoms with Crippen LogP contribution in [-0.2, 0) is 6.61 Å². The molecule has 29 heavy (non-hydrogen) atoms. The molecule has 0 saturated heterocycles. The smallest absolute Gasteiger partial charge is 0.125 e. The van der Waals surface area contributed by atoms with Gasteiger partial charge in [-0.1, -0.05) is 72.8 Å². The number of hydrogen-bond acceptors (Lipinski definition) is 2. The third-order valence-corrected chi connectivity index (χ3v) is 6.44. The van der Waals surface area contributed by atoms with Gasteiger partial charge in [-0.25, -0.2) is 0 Å². The highest BCUT2D eigenvalue weighted by Gasteiger charge is 2.40. The van der Waals surface area contributed by atoms with Crippen molar-refractivity contribution in [2.75, 3.05) is 5.32 Å². The van der Waals surface area contributed by atoms with E-state index in [1.54, 1.807) is 0 Å². The Morgan fingerprint density at radius 3 is 2.52 bits per heavy atom. The largest absolute Gasteiger partial charge is 0.489 e. The fraction of sp³-hybridized carbons (Fsp3) is 0.259. The van der Waals surface area contributed by atoms with Gasteiger partial charge < -0.3 is 10.1 Å². The fourth-order valence-corrected chi connectivity index (χ4v) is 4.95. The standard InChI is InChI=1S/C27H27NO/c1-18-15-16-19(2)26-25(18)21-12-8-13-22(21)27(28-26)23-11-6-7-14-24(23)29-17-20-9-4-3-5-10-20/h3-12,14-16,21-22,27-28H,13,17H2,1-2H3. The van der Waals surface area contributed by atoms with Crippen molar-refractivity contribution in [3.63, 3.8) is 0 Å². The molecule has 2 nitrogen and oxygen atoms in total. The maximum absolute atomic E-state index is 6.31. The van der Waals surface area contributed by atoms with Gasteiger partial charge in [0.25, 0.3) is 0 Å². The van der Waals surface area contributed by atoms with Crippen LogP contribution in [0.2, 0.25) is 0 Å². The van der Waals surface area contributed by atoms with E-state index in [0.717, 1.165) is 12.2 Å². The number of aryl methyl sites for hydroxylation is 2. The van der Waals surface area contributed by atoms with Crippen LogP contribution in [0.25, 0.3) is 0 Å². The number of nitrogens with one attached hydrogen (secondary N) is 1. The molecule has 1 heterocycles. The molecule has 2 heteroatoms. The van der Waals surface area contributed by atoms with Crippen LogP contribution >= 0.6 is 0 Å². The average molecular weight is 382 g/mol. The second-order valence-corrected chi connectivity index (χ2v) is 8.28. The summed E-state index contributed by atoms with van der Waals surface area (Å²) in [5.74, 6) is 1.97. The molecule has 1 aliphatic heterocycles. The Hall–Kier alpha value is -3.00. The van der Waals surface area contributed by atoms with Crippen LogP contribution < -0.4 is 10.1 Å². The Morgan fingerprint density at radius 2 is 1.66 bits per heavy atom. The fourth-order valence-electron chi connectivity index (χ4n) is 4.95. The Morgan fingerprint density at radius 1 is 0.897 bits per heavy atom. The first kappa shape index (κ1) is 18.1. The second kappa shape index (κ2) is 7.44. The maximum atomic E-state index is 6.31. The summed E-state index contributed by atoms with van der Waals surface area (Å²) < 4.78 is 6.31. The zero-order valence-electron chi connectivity index (χ0n) is 17.1. The highest BCUT2D eigenvalue weighted by atomic mass is 16.5. The van der Waals surface area contributed by atoms with Crippen LogP contribution in [0.5, 0.6) is 5.75 Å². The third-order valence-electron chi connectivity index (χ3n) is 6.44. The number of ether oxygens (including phenoxy) is 1. The van der Waals surface area contributed by atoms with Gasteiger partial charge in [0.1, 0.15) is 12.4 Å². The predicted octanol–water partition coefficient (Wildman–Crippen LogP) is 6.71. The zero-order valence-corrected chi connectivity index (χ0v) is 17.1. The average Bonchev–Trinajstić information content (AvgIpc) is 3.25. The summed E-state index contributed by atoms with van der Waals surface area (Å²) in [6.07, 6.45) is 5.87. The van der Waals surface area contributed by atoms with Gasteiger partial charge in [-0.05, 0) is 54.5 Å². The number of allylic oxidation sites excluding steroid dienone is 2. The van der Waals surface area contributed by atoms with Crippen LogP contribution in [0.1, 0.15) is 46.2 Å². The summed E-state index contributed by atoms with van der Waals surface area (Å²) in [7, 11) is 0. The molecule has 5 rings (SSSR count). The lowest BCUT2D eigenvalue weighted by atomic mass is 9.75. The van der Waals surface area contributed by atoms with Crippen LogP contribution in [0.15, 0.2) is 78.9 Å². The molecule has 2 aliphatic rings. The van der Waals surface area contributed by atoms with Gasteiger partial charge in [-0.2, -0.15) is 0 Å². The predicted molar refractivity (Wildman–Crippen MR) is 119 cm³/mol. The summed E-state index contributed by atoms with van der Waals surface area (Å²) in [5.41, 5.74) is 7.93. The first-order valence-electron chi connectivity index (χ1n) is 10.5. The van der Waals surface area contributed by atoms with Gasteiger partial charge in [0.05, 0.1) is 6.04 Å². The minimum absolute atomic E-state index is 0.245. The second-order valence-electron chi connectivity index (χ2n) is 8.28. The molecule has 1 aliphatic carbocycles. The van der Waals surface area contributed by atoms with E-state index < -0.39 is 0 Å². The monoisotopic (exact) mass is 381 g/mol. The van der Waals surface area contributed by atoms with Crippen molar-refractivity contribution >= 4 is 5.69 Å². The van der Waals surface area contributed by atoms with Crippen molar-refractivity contribution in [3.8, 4) is 5.75 Å². The Balaban J connectivity index is 1.51. The van der Waals surface area contributed by atoms with Gasteiger partial charge in [-0.15, -0.1) is 0 Å². The molecule has 3 atom stereocenters. The van der Waals surface area contributed by atoms with E-state index in [1.807, 2.05) is 6.07 Å². The molecule has 3 aromatic carbocycles. The number of rotatable bonds is 4. The van der Waals surface area contributed by atoms with Crippen molar-refractivity contribution in [1.29, 1.82) is 0 Å². The van der Waals surface area contributed by atoms with Gasteiger partial charge >= 0.3 is 0 Å². The van der Waals surface area contributed by atoms with Crippen LogP contribution in [0.3, 0.4) is 0 Å². The number of benzene rings is 3. The molecule has 0 bridgehead atoms. The van der Waals surface area contributed by atoms with Crippen molar-refractivity contribution < 1.29 is 4.74 Å². The van der Waals surface area contributed by atoms with E-state index in [0.29, 0.717) is 18.4 Å². The van der Waals surface area contributed by atoms with Gasteiger partial charge in [0.2, 0.25) is 0 Å². The molecule has 3 unspecified atom stereocenters. The highest BCUT2D eigenvalue weighted by molar-refractivity contribution is 5.66. The molecule has 3 aromatic rings. The molecular formula is C27H27NO. The van der Waals surface area contributed by atoms with Crippen LogP contribution in [0, 0.1) is 19.8 Å². The number of anilines is 1. The first-order valence-corrected chi connectivity index (χ1v) is 10.5. The van der Waals surface area contributed by atoms with Crippen molar-refractivity contribution in [3.05, 3.63) is 107 Å². The molecular weight excluding hydrogens is 354 g/mol. The van der Waals surface area contributed by atoms with E-state index in [-0.39, 0.29) is 6.04 Å². The molecule has 0 amide bonds. The van der Waals surface area contributed by atoms with E-state index in [2.05, 4.69) is 92.0 Å². The van der Waals surface area contributed by atoms with Crippen LogP contribution in [-0.4, -0.2) is 0 Å². The number of para-hydroxylation sites is 1. The van der Waals surface area contributed by atoms with E-state index in [4.69, 9.17) is 4.74 Å². The Labute approximate surface area is 173 Å². The minimum atomic E-state index is 0.245. The Kier molecular flexibility index (Phi) is 4.63. The van der Waals surface area contributed by atoms with E-state index >= 15 is 0 Å². The number of hydrogen-bond donors (Lipinski definition) is 1. The van der Waals surface area contributed by atoms with Gasteiger partial charge in [0, 0.05) is 17.2 Å². The van der Waals surface area contributed by atoms with Gasteiger partial charge in [0.15, 0.2) is 0 Å². The molecule has 0 radical (unpaired) electrons. The van der Waals surface area contributed by atoms with Crippen molar-refractivity contribution in [2.45, 2.75) is 38.8 Å². The zero-order chi connectivity index (χ0) is 19.8. The summed E-state index contributed by atoms with van der Waals surface area (Å²) >= 11 is 0. The lowest BCUT2D eigenvalue weighted by molar-refractivity contribution is 0.296. The SMILES string of the molecule is Cc1ccc(C)c2c1NC(c1ccccc1OCc1ccccc1)C1CC=CC21. The summed E-state index contributed by atoms with van der Waals surface area (Å²) in [6.45, 7) is 5.03. The van der Waals surface area contributed by atoms with Gasteiger partial charge in [-0.3, -0.25) is 0 Å². The minimum Gasteiger partial charge on any atom is -0.489 e. The molecule has 0 aromatic heterocycles. The van der Waals surface area contributed by atoms with E-state index in [1.165, 1.54) is 33.5 Å². The normalized spacial score (nSPS) is 21.9. The molecule has 146 valence electrons. The number of fused-ring (bicyclic) bond motifs is 3. The lowest BCUT2D eigenvalue weighted by Crippen LogP contribution is -2.30. The first-order chi connectivity index (χ1) is 14.2.